The summed E-state index contributed by atoms with van der Waals surface area (Å²) in [6, 6.07) is 0.584. The smallest absolute Gasteiger partial charge is 0.0301 e. The second kappa shape index (κ2) is 4.15. The van der Waals surface area contributed by atoms with Crippen molar-refractivity contribution in [3.63, 3.8) is 0 Å². The van der Waals surface area contributed by atoms with Gasteiger partial charge in [0.15, 0.2) is 0 Å². The molecular formula is C11H19N. The highest BCUT2D eigenvalue weighted by Gasteiger charge is 2.13. The number of hydrogen-bond acceptors (Lipinski definition) is 1. The molecule has 0 aromatic rings. The quantitative estimate of drug-likeness (QED) is 0.629. The third-order valence-electron chi connectivity index (χ3n) is 2.14. The number of nitrogens with one attached hydrogen (secondary N) is 1. The normalized spacial score (nSPS) is 28.0. The fourth-order valence-electron chi connectivity index (χ4n) is 1.38. The van der Waals surface area contributed by atoms with E-state index < -0.39 is 0 Å². The average Bonchev–Trinajstić information content (AvgIpc) is 2.03. The van der Waals surface area contributed by atoms with Crippen LogP contribution in [0.1, 0.15) is 28.1 Å². The van der Waals surface area contributed by atoms with Gasteiger partial charge in [0.2, 0.25) is 0 Å². The van der Waals surface area contributed by atoms with E-state index in [4.69, 9.17) is 0 Å². The van der Waals surface area contributed by atoms with E-state index in [1.165, 1.54) is 12.0 Å². The summed E-state index contributed by atoms with van der Waals surface area (Å²) < 4.78 is 0. The Bertz CT molecular complexity index is 228. The van der Waals surface area contributed by atoms with Crippen LogP contribution in [-0.2, 0) is 0 Å². The lowest BCUT2D eigenvalue weighted by Crippen LogP contribution is -2.30. The number of rotatable bonds is 1. The Balaban J connectivity index is 0.00000144. The van der Waals surface area contributed by atoms with E-state index in [1.54, 1.807) is 0 Å². The first-order valence-electron chi connectivity index (χ1n) is 4.51. The molecule has 0 amide bonds. The third-order valence-corrected chi connectivity index (χ3v) is 2.14. The van der Waals surface area contributed by atoms with E-state index in [2.05, 4.69) is 31.0 Å². The number of hydrogen-bond donors (Lipinski definition) is 1. The highest BCUT2D eigenvalue weighted by molar-refractivity contribution is 5.32. The predicted octanol–water partition coefficient (Wildman–Crippen LogP) is 3.02. The molecule has 1 unspecified atom stereocenters. The molecule has 1 fully saturated rings. The van der Waals surface area contributed by atoms with Crippen LogP contribution in [0.2, 0.25) is 0 Å². The molecule has 68 valence electrons. The van der Waals surface area contributed by atoms with Crippen LogP contribution in [-0.4, -0.2) is 6.04 Å². The van der Waals surface area contributed by atoms with Crippen LogP contribution >= 0.6 is 0 Å². The fraction of sp³-hybridized carbons (Fsp3) is 0.455. The summed E-state index contributed by atoms with van der Waals surface area (Å²) in [6.45, 7) is 8.20. The number of allylic oxidation sites excluding steroid dienone is 4. The summed E-state index contributed by atoms with van der Waals surface area (Å²) in [5.41, 5.74) is 2.43. The Hall–Kier alpha value is -0.980. The van der Waals surface area contributed by atoms with Crippen molar-refractivity contribution in [2.45, 2.75) is 32.7 Å². The molecule has 0 aliphatic carbocycles. The van der Waals surface area contributed by atoms with E-state index >= 15 is 0 Å². The van der Waals surface area contributed by atoms with Gasteiger partial charge in [0.05, 0.1) is 0 Å². The van der Waals surface area contributed by atoms with Crippen molar-refractivity contribution in [2.24, 2.45) is 0 Å². The van der Waals surface area contributed by atoms with Crippen LogP contribution in [0, 0.1) is 0 Å². The molecule has 0 bridgehead atoms. The molecule has 0 radical (unpaired) electrons. The first-order chi connectivity index (χ1) is 5.74. The van der Waals surface area contributed by atoms with E-state index in [0.717, 1.165) is 12.1 Å². The molecule has 1 aliphatic rings. The zero-order chi connectivity index (χ0) is 8.97. The molecule has 1 heterocycles. The summed E-state index contributed by atoms with van der Waals surface area (Å²) in [5, 5.41) is 3.34. The van der Waals surface area contributed by atoms with Gasteiger partial charge in [0.1, 0.15) is 0 Å². The maximum Gasteiger partial charge on any atom is 0.0301 e. The summed E-state index contributed by atoms with van der Waals surface area (Å²) in [5.74, 6) is 0. The van der Waals surface area contributed by atoms with Crippen molar-refractivity contribution in [1.82, 2.24) is 5.32 Å². The van der Waals surface area contributed by atoms with Crippen LogP contribution < -0.4 is 5.32 Å². The molecular weight excluding hydrogens is 146 g/mol. The highest BCUT2D eigenvalue weighted by Crippen LogP contribution is 2.20. The maximum atomic E-state index is 3.99. The van der Waals surface area contributed by atoms with Crippen molar-refractivity contribution in [3.05, 3.63) is 36.1 Å². The molecule has 12 heavy (non-hydrogen) atoms. The maximum absolute atomic E-state index is 3.99. The van der Waals surface area contributed by atoms with Gasteiger partial charge < -0.3 is 5.32 Å². The van der Waals surface area contributed by atoms with Crippen LogP contribution in [0.25, 0.3) is 0 Å². The van der Waals surface area contributed by atoms with Crippen LogP contribution in [0.4, 0.5) is 0 Å². The lowest BCUT2D eigenvalue weighted by atomic mass is 9.98. The zero-order valence-corrected chi connectivity index (χ0v) is 7.93. The van der Waals surface area contributed by atoms with Crippen LogP contribution in [0.5, 0.6) is 0 Å². The topological polar surface area (TPSA) is 12.0 Å². The van der Waals surface area contributed by atoms with Crippen molar-refractivity contribution in [2.75, 3.05) is 0 Å². The number of piperidine rings is 1. The molecule has 1 heteroatoms. The summed E-state index contributed by atoms with van der Waals surface area (Å²) in [6.07, 6.45) is 8.61. The minimum absolute atomic E-state index is 0. The van der Waals surface area contributed by atoms with Gasteiger partial charge in [-0.1, -0.05) is 24.8 Å². The Morgan fingerprint density at radius 1 is 1.67 bits per heavy atom. The van der Waals surface area contributed by atoms with Gasteiger partial charge in [-0.2, -0.15) is 0 Å². The molecule has 1 nitrogen and oxygen atoms in total. The van der Waals surface area contributed by atoms with Gasteiger partial charge in [-0.25, -0.2) is 0 Å². The molecule has 1 atom stereocenters. The molecule has 1 rings (SSSR count). The Kier molecular flexibility index (Phi) is 3.15. The monoisotopic (exact) mass is 165 g/mol. The second-order valence-electron chi connectivity index (χ2n) is 3.28. The first-order valence-corrected chi connectivity index (χ1v) is 4.51. The van der Waals surface area contributed by atoms with Crippen LogP contribution in [0.15, 0.2) is 36.1 Å². The highest BCUT2D eigenvalue weighted by atomic mass is 14.9. The van der Waals surface area contributed by atoms with Crippen molar-refractivity contribution >= 4 is 0 Å². The Morgan fingerprint density at radius 3 is 3.00 bits per heavy atom. The van der Waals surface area contributed by atoms with E-state index in [-0.39, 0.29) is 1.43 Å². The fourth-order valence-corrected chi connectivity index (χ4v) is 1.38. The Morgan fingerprint density at radius 2 is 2.42 bits per heavy atom. The average molecular weight is 165 g/mol. The minimum atomic E-state index is 0. The van der Waals surface area contributed by atoms with Gasteiger partial charge in [0, 0.05) is 13.2 Å². The SMILES string of the molecule is C=C1NC(C)CC/C1=C/C=C\C.[HH]. The van der Waals surface area contributed by atoms with E-state index in [1.807, 2.05) is 13.0 Å². The molecule has 1 saturated heterocycles. The molecule has 0 aromatic heterocycles. The molecule has 0 spiro atoms. The lowest BCUT2D eigenvalue weighted by Gasteiger charge is -2.25. The van der Waals surface area contributed by atoms with Gasteiger partial charge in [-0.3, -0.25) is 0 Å². The second-order valence-corrected chi connectivity index (χ2v) is 3.28. The lowest BCUT2D eigenvalue weighted by molar-refractivity contribution is 0.532. The van der Waals surface area contributed by atoms with Crippen molar-refractivity contribution in [1.29, 1.82) is 0 Å². The summed E-state index contributed by atoms with van der Waals surface area (Å²) in [7, 11) is 0. The van der Waals surface area contributed by atoms with Crippen molar-refractivity contribution < 1.29 is 1.43 Å². The van der Waals surface area contributed by atoms with Crippen molar-refractivity contribution in [3.8, 4) is 0 Å². The third kappa shape index (κ3) is 2.26. The molecule has 0 saturated carbocycles. The van der Waals surface area contributed by atoms with Gasteiger partial charge >= 0.3 is 0 Å². The Labute approximate surface area is 76.3 Å². The van der Waals surface area contributed by atoms with Crippen LogP contribution in [0.3, 0.4) is 0 Å². The first kappa shape index (κ1) is 9.11. The van der Waals surface area contributed by atoms with E-state index in [0.29, 0.717) is 6.04 Å². The van der Waals surface area contributed by atoms with E-state index in [9.17, 15) is 0 Å². The van der Waals surface area contributed by atoms with Gasteiger partial charge in [-0.05, 0) is 32.3 Å². The molecule has 1 N–H and O–H groups in total. The standard InChI is InChI=1S/C11H17N.H2/c1-4-5-6-11-8-7-9(2)12-10(11)3;/h4-6,9,12H,3,7-8H2,1-2H3;1H/b5-4-,11-6-;. The predicted molar refractivity (Wildman–Crippen MR) is 56.0 cm³/mol. The zero-order valence-electron chi connectivity index (χ0n) is 7.93. The summed E-state index contributed by atoms with van der Waals surface area (Å²) >= 11 is 0. The molecule has 0 aromatic carbocycles. The molecule has 1 aliphatic heterocycles. The minimum Gasteiger partial charge on any atom is -0.383 e. The summed E-state index contributed by atoms with van der Waals surface area (Å²) in [4.78, 5) is 0. The largest absolute Gasteiger partial charge is 0.383 e. The van der Waals surface area contributed by atoms with Gasteiger partial charge in [-0.15, -0.1) is 0 Å². The van der Waals surface area contributed by atoms with Gasteiger partial charge in [0.25, 0.3) is 0 Å².